The Morgan fingerprint density at radius 1 is 1.73 bits per heavy atom. The van der Waals surface area contributed by atoms with Crippen molar-refractivity contribution in [2.45, 2.75) is 18.6 Å². The Morgan fingerprint density at radius 3 is 2.82 bits per heavy atom. The maximum absolute atomic E-state index is 10.8. The maximum Gasteiger partial charge on any atom is 0.408 e. The molecule has 0 aromatic heterocycles. The molecule has 60 valence electrons. The van der Waals surface area contributed by atoms with Crippen LogP contribution in [0.15, 0.2) is 0 Å². The summed E-state index contributed by atoms with van der Waals surface area (Å²) in [5.74, 6) is -0.399. The smallest absolute Gasteiger partial charge is 0.408 e. The first kappa shape index (κ1) is 6.45. The Labute approximate surface area is 62.5 Å². The van der Waals surface area contributed by atoms with Gasteiger partial charge in [-0.3, -0.25) is 4.90 Å². The molecule has 0 unspecified atom stereocenters. The molecule has 0 aliphatic carbocycles. The van der Waals surface area contributed by atoms with E-state index in [1.807, 2.05) is 0 Å². The third kappa shape index (κ3) is 0.768. The predicted octanol–water partition coefficient (Wildman–Crippen LogP) is -0.336. The molecular weight excluding hydrogens is 150 g/mol. The lowest BCUT2D eigenvalue weighted by Gasteiger charge is -2.22. The van der Waals surface area contributed by atoms with Crippen LogP contribution in [0.2, 0.25) is 0 Å². The van der Waals surface area contributed by atoms with Crippen LogP contribution in [0.3, 0.4) is 0 Å². The van der Waals surface area contributed by atoms with Crippen LogP contribution in [0.4, 0.5) is 4.79 Å². The molecule has 1 N–H and O–H groups in total. The van der Waals surface area contributed by atoms with Gasteiger partial charge in [0.1, 0.15) is 12.1 Å². The fraction of sp³-hybridized carbons (Fsp3) is 0.667. The molecule has 2 aliphatic heterocycles. The van der Waals surface area contributed by atoms with Crippen molar-refractivity contribution in [1.82, 2.24) is 4.90 Å². The van der Waals surface area contributed by atoms with Gasteiger partial charge < -0.3 is 9.84 Å². The summed E-state index contributed by atoms with van der Waals surface area (Å²) in [5, 5.41) is 8.57. The Bertz CT molecular complexity index is 227. The number of hydrogen-bond acceptors (Lipinski definition) is 3. The van der Waals surface area contributed by atoms with Crippen LogP contribution in [-0.2, 0) is 9.53 Å². The molecule has 0 aromatic carbocycles. The lowest BCUT2D eigenvalue weighted by molar-refractivity contribution is -0.149. The summed E-state index contributed by atoms with van der Waals surface area (Å²) in [6.45, 7) is 0.339. The molecule has 2 aliphatic rings. The number of fused-ring (bicyclic) bond motifs is 2. The summed E-state index contributed by atoms with van der Waals surface area (Å²) < 4.78 is 4.80. The van der Waals surface area contributed by atoms with E-state index in [1.165, 1.54) is 0 Å². The minimum atomic E-state index is -1.03. The van der Waals surface area contributed by atoms with E-state index in [1.54, 1.807) is 0 Å². The lowest BCUT2D eigenvalue weighted by Crippen LogP contribution is -2.43. The van der Waals surface area contributed by atoms with Gasteiger partial charge in [0.25, 0.3) is 0 Å². The van der Waals surface area contributed by atoms with Gasteiger partial charge in [-0.2, -0.15) is 0 Å². The van der Waals surface area contributed by atoms with Crippen LogP contribution < -0.4 is 0 Å². The first-order valence-corrected chi connectivity index (χ1v) is 3.38. The van der Waals surface area contributed by atoms with Gasteiger partial charge in [-0.15, -0.1) is 0 Å². The van der Waals surface area contributed by atoms with E-state index in [-0.39, 0.29) is 6.10 Å². The first-order valence-electron chi connectivity index (χ1n) is 3.38. The number of carboxylic acid groups (broad SMARTS) is 1. The van der Waals surface area contributed by atoms with E-state index >= 15 is 0 Å². The minimum absolute atomic E-state index is 0.191. The number of esters is 1. The van der Waals surface area contributed by atoms with Crippen molar-refractivity contribution in [3.63, 3.8) is 0 Å². The molecule has 0 spiro atoms. The fourth-order valence-electron chi connectivity index (χ4n) is 1.56. The highest BCUT2D eigenvalue weighted by Gasteiger charge is 2.48. The van der Waals surface area contributed by atoms with Crippen molar-refractivity contribution in [2.24, 2.45) is 0 Å². The molecule has 2 heterocycles. The molecule has 2 fully saturated rings. The van der Waals surface area contributed by atoms with Crippen molar-refractivity contribution in [2.75, 3.05) is 6.54 Å². The largest absolute Gasteiger partial charge is 0.465 e. The van der Waals surface area contributed by atoms with Gasteiger partial charge in [-0.05, 0) is 0 Å². The van der Waals surface area contributed by atoms with Gasteiger partial charge in [0.2, 0.25) is 0 Å². The summed E-state index contributed by atoms with van der Waals surface area (Å²) in [5.41, 5.74) is 0. The summed E-state index contributed by atoms with van der Waals surface area (Å²) in [6.07, 6.45) is -0.691. The van der Waals surface area contributed by atoms with E-state index in [9.17, 15) is 9.59 Å². The number of ether oxygens (including phenoxy) is 1. The maximum atomic E-state index is 10.8. The number of nitrogens with zero attached hydrogens (tertiary/aromatic N) is 1. The molecule has 1 amide bonds. The number of likely N-dealkylation sites (tertiary alicyclic amines) is 1. The second-order valence-corrected chi connectivity index (χ2v) is 2.75. The zero-order valence-corrected chi connectivity index (χ0v) is 5.69. The van der Waals surface area contributed by atoms with Gasteiger partial charge in [0.05, 0.1) is 6.54 Å². The highest BCUT2D eigenvalue weighted by atomic mass is 16.6. The quantitative estimate of drug-likeness (QED) is 0.488. The Morgan fingerprint density at radius 2 is 2.45 bits per heavy atom. The van der Waals surface area contributed by atoms with Crippen molar-refractivity contribution in [3.05, 3.63) is 0 Å². The lowest BCUT2D eigenvalue weighted by atomic mass is 10.2. The molecule has 0 aromatic rings. The molecule has 0 saturated carbocycles. The van der Waals surface area contributed by atoms with Gasteiger partial charge in [0, 0.05) is 6.42 Å². The Kier molecular flexibility index (Phi) is 1.10. The van der Waals surface area contributed by atoms with Crippen LogP contribution in [0.5, 0.6) is 0 Å². The van der Waals surface area contributed by atoms with Crippen LogP contribution in [0, 0.1) is 0 Å². The van der Waals surface area contributed by atoms with E-state index in [0.29, 0.717) is 13.0 Å². The van der Waals surface area contributed by atoms with Crippen molar-refractivity contribution in [3.8, 4) is 0 Å². The molecular formula is C6H7NO4. The number of carbonyl (C=O) groups is 2. The second-order valence-electron chi connectivity index (χ2n) is 2.75. The van der Waals surface area contributed by atoms with Crippen LogP contribution >= 0.6 is 0 Å². The molecule has 5 heteroatoms. The summed E-state index contributed by atoms with van der Waals surface area (Å²) in [6, 6.07) is -0.530. The molecule has 0 radical (unpaired) electrons. The van der Waals surface area contributed by atoms with Gasteiger partial charge in [-0.1, -0.05) is 0 Å². The average molecular weight is 157 g/mol. The summed E-state index contributed by atoms with van der Waals surface area (Å²) in [7, 11) is 0. The van der Waals surface area contributed by atoms with Crippen LogP contribution in [0.25, 0.3) is 0 Å². The summed E-state index contributed by atoms with van der Waals surface area (Å²) in [4.78, 5) is 22.4. The Hall–Kier alpha value is -1.26. The molecule has 2 atom stereocenters. The van der Waals surface area contributed by atoms with E-state index < -0.39 is 18.1 Å². The minimum Gasteiger partial charge on any atom is -0.465 e. The average Bonchev–Trinajstić information content (AvgIpc) is 2.43. The van der Waals surface area contributed by atoms with Gasteiger partial charge >= 0.3 is 12.1 Å². The molecule has 2 bridgehead atoms. The van der Waals surface area contributed by atoms with Crippen molar-refractivity contribution >= 4 is 12.1 Å². The van der Waals surface area contributed by atoms with Crippen molar-refractivity contribution < 1.29 is 19.4 Å². The topological polar surface area (TPSA) is 66.8 Å². The molecule has 11 heavy (non-hydrogen) atoms. The van der Waals surface area contributed by atoms with E-state index in [2.05, 4.69) is 0 Å². The number of rotatable bonds is 0. The number of amides is 1. The third-order valence-electron chi connectivity index (χ3n) is 2.06. The zero-order chi connectivity index (χ0) is 8.01. The predicted molar refractivity (Wildman–Crippen MR) is 33.0 cm³/mol. The highest BCUT2D eigenvalue weighted by Crippen LogP contribution is 2.28. The zero-order valence-electron chi connectivity index (χ0n) is 5.69. The molecule has 2 saturated heterocycles. The number of carbonyl (C=O) groups excluding carboxylic acids is 1. The highest BCUT2D eigenvalue weighted by molar-refractivity contribution is 5.84. The fourth-order valence-corrected chi connectivity index (χ4v) is 1.56. The Balaban J connectivity index is 2.18. The molecule has 5 nitrogen and oxygen atoms in total. The van der Waals surface area contributed by atoms with Crippen molar-refractivity contribution in [1.29, 1.82) is 0 Å². The third-order valence-corrected chi connectivity index (χ3v) is 2.06. The van der Waals surface area contributed by atoms with E-state index in [0.717, 1.165) is 4.90 Å². The van der Waals surface area contributed by atoms with Crippen LogP contribution in [0.1, 0.15) is 6.42 Å². The molecule has 2 rings (SSSR count). The summed E-state index contributed by atoms with van der Waals surface area (Å²) >= 11 is 0. The van der Waals surface area contributed by atoms with Gasteiger partial charge in [-0.25, -0.2) is 9.59 Å². The first-order chi connectivity index (χ1) is 5.18. The number of hydrogen-bond donors (Lipinski definition) is 1. The monoisotopic (exact) mass is 157 g/mol. The van der Waals surface area contributed by atoms with E-state index in [4.69, 9.17) is 9.84 Å². The van der Waals surface area contributed by atoms with Gasteiger partial charge in [0.15, 0.2) is 0 Å². The normalized spacial score (nSPS) is 34.2. The second kappa shape index (κ2) is 1.87. The SMILES string of the molecule is O=C1O[C@@H]2C[C@H]1N(C(=O)O)C2. The standard InChI is InChI=1S/C6H7NO4/c8-5-4-1-3(11-5)2-7(4)6(9)10/h3-4H,1-2H2,(H,9,10)/t3-,4-/m1/s1. The van der Waals surface area contributed by atoms with Crippen LogP contribution in [-0.4, -0.2) is 40.8 Å². The number of morpholine rings is 1.